The highest BCUT2D eigenvalue weighted by molar-refractivity contribution is 7.09. The number of benzene rings is 1. The lowest BCUT2D eigenvalue weighted by atomic mass is 10.1. The van der Waals surface area contributed by atoms with Crippen molar-refractivity contribution in [2.24, 2.45) is 5.73 Å². The first-order valence-corrected chi connectivity index (χ1v) is 12.4. The Labute approximate surface area is 201 Å². The van der Waals surface area contributed by atoms with Crippen molar-refractivity contribution in [1.82, 2.24) is 19.1 Å². The molecule has 0 aliphatic carbocycles. The van der Waals surface area contributed by atoms with Gasteiger partial charge in [0, 0.05) is 43.5 Å². The lowest BCUT2D eigenvalue weighted by molar-refractivity contribution is 0.498. The number of nitriles is 1. The van der Waals surface area contributed by atoms with Crippen LogP contribution in [-0.4, -0.2) is 38.2 Å². The van der Waals surface area contributed by atoms with Gasteiger partial charge in [0.1, 0.15) is 28.5 Å². The number of aryl methyl sites for hydroxylation is 3. The minimum Gasteiger partial charge on any atom is -0.355 e. The molecule has 1 unspecified atom stereocenters. The van der Waals surface area contributed by atoms with E-state index in [1.165, 1.54) is 0 Å². The molecule has 1 atom stereocenters. The van der Waals surface area contributed by atoms with E-state index in [1.54, 1.807) is 22.2 Å². The van der Waals surface area contributed by atoms with Crippen LogP contribution >= 0.6 is 11.3 Å². The highest BCUT2D eigenvalue weighted by atomic mass is 32.1. The Bertz CT molecular complexity index is 1410. The van der Waals surface area contributed by atoms with Gasteiger partial charge in [0.15, 0.2) is 0 Å². The van der Waals surface area contributed by atoms with E-state index in [0.29, 0.717) is 42.7 Å². The van der Waals surface area contributed by atoms with Crippen molar-refractivity contribution < 1.29 is 0 Å². The third kappa shape index (κ3) is 4.11. The van der Waals surface area contributed by atoms with Crippen molar-refractivity contribution in [3.05, 3.63) is 74.2 Å². The molecule has 174 valence electrons. The molecule has 0 saturated carbocycles. The van der Waals surface area contributed by atoms with Crippen LogP contribution < -0.4 is 16.2 Å². The molecular weight excluding hydrogens is 446 g/mol. The molecule has 9 heteroatoms. The summed E-state index contributed by atoms with van der Waals surface area (Å²) < 4.78 is 3.63. The number of rotatable bonds is 6. The topological polar surface area (TPSA) is 106 Å². The molecule has 1 aliphatic rings. The lowest BCUT2D eigenvalue weighted by Crippen LogP contribution is -2.44. The largest absolute Gasteiger partial charge is 0.355 e. The first kappa shape index (κ1) is 22.3. The van der Waals surface area contributed by atoms with Crippen LogP contribution in [0, 0.1) is 18.3 Å². The van der Waals surface area contributed by atoms with Gasteiger partial charge < -0.3 is 15.2 Å². The summed E-state index contributed by atoms with van der Waals surface area (Å²) >= 11 is 1.60. The van der Waals surface area contributed by atoms with E-state index in [9.17, 15) is 10.1 Å². The van der Waals surface area contributed by atoms with Crippen molar-refractivity contribution in [1.29, 1.82) is 5.26 Å². The smallest absolute Gasteiger partial charge is 0.277 e. The fourth-order valence-corrected chi connectivity index (χ4v) is 5.52. The van der Waals surface area contributed by atoms with Gasteiger partial charge in [-0.2, -0.15) is 5.26 Å². The molecule has 8 nitrogen and oxygen atoms in total. The van der Waals surface area contributed by atoms with Gasteiger partial charge >= 0.3 is 0 Å². The van der Waals surface area contributed by atoms with Gasteiger partial charge in [0.05, 0.1) is 17.5 Å². The zero-order valence-corrected chi connectivity index (χ0v) is 20.0. The molecule has 0 spiro atoms. The number of hydrogen-bond donors (Lipinski definition) is 1. The first-order valence-electron chi connectivity index (χ1n) is 11.5. The Hall–Kier alpha value is -3.48. The van der Waals surface area contributed by atoms with E-state index in [2.05, 4.69) is 20.9 Å². The Morgan fingerprint density at radius 1 is 1.26 bits per heavy atom. The number of nitrogens with two attached hydrogens (primary N) is 1. The molecule has 0 radical (unpaired) electrons. The van der Waals surface area contributed by atoms with E-state index in [0.717, 1.165) is 41.3 Å². The Morgan fingerprint density at radius 2 is 2.09 bits per heavy atom. The van der Waals surface area contributed by atoms with Gasteiger partial charge in [-0.3, -0.25) is 9.36 Å². The standard InChI is InChI=1S/C25H27N7OS/c1-17-21(34-16-29-17)9-11-31-15-28-22-20(12-26)24(30-10-5-8-19(27)14-30)32(23(22)25(31)33)13-18-6-3-2-4-7-18/h2-4,6-7,15-16,19H,5,8-11,13-14,27H2,1H3. The zero-order valence-electron chi connectivity index (χ0n) is 19.1. The van der Waals surface area contributed by atoms with Crippen LogP contribution in [0.5, 0.6) is 0 Å². The van der Waals surface area contributed by atoms with E-state index < -0.39 is 0 Å². The van der Waals surface area contributed by atoms with E-state index in [4.69, 9.17) is 5.73 Å². The maximum atomic E-state index is 13.7. The van der Waals surface area contributed by atoms with Crippen molar-refractivity contribution in [2.75, 3.05) is 18.0 Å². The quantitative estimate of drug-likeness (QED) is 0.461. The van der Waals surface area contributed by atoms with Crippen LogP contribution in [-0.2, 0) is 19.5 Å². The van der Waals surface area contributed by atoms with Crippen LogP contribution in [0.2, 0.25) is 0 Å². The molecule has 3 aromatic heterocycles. The lowest BCUT2D eigenvalue weighted by Gasteiger charge is -2.33. The van der Waals surface area contributed by atoms with E-state index >= 15 is 0 Å². The molecule has 1 saturated heterocycles. The van der Waals surface area contributed by atoms with Gasteiger partial charge in [-0.1, -0.05) is 30.3 Å². The molecule has 4 heterocycles. The summed E-state index contributed by atoms with van der Waals surface area (Å²) in [5, 5.41) is 10.1. The SMILES string of the molecule is Cc1ncsc1CCn1cnc2c(C#N)c(N3CCCC(N)C3)n(Cc3ccccc3)c2c1=O. The average molecular weight is 474 g/mol. The zero-order chi connectivity index (χ0) is 23.7. The summed E-state index contributed by atoms with van der Waals surface area (Å²) in [7, 11) is 0. The minimum atomic E-state index is -0.132. The van der Waals surface area contributed by atoms with Gasteiger partial charge in [-0.05, 0) is 25.3 Å². The Kier molecular flexibility index (Phi) is 6.18. The second-order valence-electron chi connectivity index (χ2n) is 8.78. The van der Waals surface area contributed by atoms with Crippen molar-refractivity contribution >= 4 is 28.2 Å². The summed E-state index contributed by atoms with van der Waals surface area (Å²) in [4.78, 5) is 26.0. The average Bonchev–Trinajstić information content (AvgIpc) is 3.40. The highest BCUT2D eigenvalue weighted by Gasteiger charge is 2.28. The normalized spacial score (nSPS) is 16.1. The maximum absolute atomic E-state index is 13.7. The molecule has 1 fully saturated rings. The van der Waals surface area contributed by atoms with Gasteiger partial charge in [-0.15, -0.1) is 11.3 Å². The second-order valence-corrected chi connectivity index (χ2v) is 9.72. The third-order valence-corrected chi connectivity index (χ3v) is 7.47. The monoisotopic (exact) mass is 473 g/mol. The fourth-order valence-electron chi connectivity index (χ4n) is 4.75. The molecule has 1 aromatic carbocycles. The third-order valence-electron chi connectivity index (χ3n) is 6.48. The molecule has 0 bridgehead atoms. The highest BCUT2D eigenvalue weighted by Crippen LogP contribution is 2.32. The number of fused-ring (bicyclic) bond motifs is 1. The first-order chi connectivity index (χ1) is 16.6. The molecule has 34 heavy (non-hydrogen) atoms. The van der Waals surface area contributed by atoms with E-state index in [1.807, 2.05) is 47.3 Å². The fraction of sp³-hybridized carbons (Fsp3) is 0.360. The maximum Gasteiger partial charge on any atom is 0.277 e. The molecule has 2 N–H and O–H groups in total. The molecular formula is C25H27N7OS. The predicted octanol–water partition coefficient (Wildman–Crippen LogP) is 3.05. The number of anilines is 1. The van der Waals surface area contributed by atoms with Crippen LogP contribution in [0.4, 0.5) is 5.82 Å². The van der Waals surface area contributed by atoms with Crippen LogP contribution in [0.3, 0.4) is 0 Å². The van der Waals surface area contributed by atoms with Crippen LogP contribution in [0.15, 0.2) is 47.0 Å². The summed E-state index contributed by atoms with van der Waals surface area (Å²) in [5.41, 5.74) is 11.4. The van der Waals surface area contributed by atoms with Gasteiger partial charge in [-0.25, -0.2) is 9.97 Å². The van der Waals surface area contributed by atoms with Gasteiger partial charge in [0.2, 0.25) is 0 Å². The summed E-state index contributed by atoms with van der Waals surface area (Å²) in [5.74, 6) is 0.747. The number of nitrogens with zero attached hydrogens (tertiary/aromatic N) is 6. The molecule has 0 amide bonds. The van der Waals surface area contributed by atoms with Crippen molar-refractivity contribution in [3.63, 3.8) is 0 Å². The number of aromatic nitrogens is 4. The number of hydrogen-bond acceptors (Lipinski definition) is 7. The molecule has 4 aromatic rings. The summed E-state index contributed by atoms with van der Waals surface area (Å²) in [6.45, 7) is 4.42. The molecule has 5 rings (SSSR count). The minimum absolute atomic E-state index is 0.0377. The van der Waals surface area contributed by atoms with Gasteiger partial charge in [0.25, 0.3) is 5.56 Å². The van der Waals surface area contributed by atoms with Crippen LogP contribution in [0.25, 0.3) is 11.0 Å². The van der Waals surface area contributed by atoms with Crippen LogP contribution in [0.1, 0.15) is 34.5 Å². The number of thiazole rings is 1. The molecule has 1 aliphatic heterocycles. The Morgan fingerprint density at radius 3 is 2.79 bits per heavy atom. The number of piperidine rings is 1. The van der Waals surface area contributed by atoms with Crippen molar-refractivity contribution in [3.8, 4) is 6.07 Å². The summed E-state index contributed by atoms with van der Waals surface area (Å²) in [6.07, 6.45) is 4.19. The van der Waals surface area contributed by atoms with E-state index in [-0.39, 0.29) is 11.6 Å². The summed E-state index contributed by atoms with van der Waals surface area (Å²) in [6, 6.07) is 12.4. The second kappa shape index (κ2) is 9.41. The van der Waals surface area contributed by atoms with Crippen molar-refractivity contribution in [2.45, 2.75) is 45.3 Å². The Balaban J connectivity index is 1.65. The predicted molar refractivity (Wildman–Crippen MR) is 134 cm³/mol.